The fourth-order valence-corrected chi connectivity index (χ4v) is 1.72. The van der Waals surface area contributed by atoms with E-state index in [0.717, 1.165) is 0 Å². The predicted molar refractivity (Wildman–Crippen MR) is 68.9 cm³/mol. The summed E-state index contributed by atoms with van der Waals surface area (Å²) < 4.78 is 13.4. The number of nitrogens with one attached hydrogen (secondary N) is 1. The number of hydrogen-bond acceptors (Lipinski definition) is 3. The summed E-state index contributed by atoms with van der Waals surface area (Å²) in [6, 6.07) is 4.33. The highest BCUT2D eigenvalue weighted by Crippen LogP contribution is 2.18. The predicted octanol–water partition coefficient (Wildman–Crippen LogP) is 1.28. The third-order valence-corrected chi connectivity index (χ3v) is 2.58. The molecular weight excluding hydrogens is 235 g/mol. The molecule has 4 nitrogen and oxygen atoms in total. The van der Waals surface area contributed by atoms with Gasteiger partial charge >= 0.3 is 0 Å². The molecule has 0 aliphatic rings. The van der Waals surface area contributed by atoms with Gasteiger partial charge in [0.15, 0.2) is 0 Å². The average Bonchev–Trinajstić information content (AvgIpc) is 2.35. The molecule has 0 aliphatic carbocycles. The van der Waals surface area contributed by atoms with Crippen molar-refractivity contribution in [2.75, 3.05) is 24.5 Å². The molecule has 0 atom stereocenters. The average molecular weight is 254 g/mol. The van der Waals surface area contributed by atoms with E-state index in [9.17, 15) is 9.18 Å². The first kappa shape index (κ1) is 14.4. The first-order chi connectivity index (χ1) is 8.60. The lowest BCUT2D eigenvalue weighted by Crippen LogP contribution is -2.37. The number of hydrogen-bond donors (Lipinski definition) is 2. The van der Waals surface area contributed by atoms with Crippen LogP contribution in [0.25, 0.3) is 0 Å². The molecule has 0 aliphatic heterocycles. The zero-order chi connectivity index (χ0) is 13.5. The number of carbonyl (C=O) groups is 1. The van der Waals surface area contributed by atoms with Crippen molar-refractivity contribution in [3.63, 3.8) is 0 Å². The van der Waals surface area contributed by atoms with Crippen molar-refractivity contribution in [1.29, 1.82) is 0 Å². The highest BCUT2D eigenvalue weighted by molar-refractivity contribution is 5.81. The summed E-state index contributed by atoms with van der Waals surface area (Å²) in [5, 5.41) is 11.7. The van der Waals surface area contributed by atoms with Crippen LogP contribution in [-0.4, -0.2) is 30.6 Å². The van der Waals surface area contributed by atoms with E-state index in [1.165, 1.54) is 12.1 Å². The second-order valence-electron chi connectivity index (χ2n) is 3.94. The Balaban J connectivity index is 2.87. The molecule has 1 aromatic rings. The van der Waals surface area contributed by atoms with Gasteiger partial charge in [-0.1, -0.05) is 0 Å². The number of likely N-dealkylation sites (N-methyl/N-ethyl adjacent to an activating group) is 2. The van der Waals surface area contributed by atoms with Crippen molar-refractivity contribution in [3.05, 3.63) is 29.6 Å². The molecular formula is C13H19FN2O2. The molecule has 0 aromatic heterocycles. The van der Waals surface area contributed by atoms with E-state index in [1.807, 2.05) is 13.8 Å². The molecule has 1 amide bonds. The molecule has 0 heterocycles. The minimum Gasteiger partial charge on any atom is -0.392 e. The highest BCUT2D eigenvalue weighted by atomic mass is 19.1. The van der Waals surface area contributed by atoms with Crippen LogP contribution in [0.1, 0.15) is 19.4 Å². The third-order valence-electron chi connectivity index (χ3n) is 2.58. The minimum atomic E-state index is -0.411. The Bertz CT molecular complexity index is 410. The topological polar surface area (TPSA) is 52.6 Å². The van der Waals surface area contributed by atoms with Gasteiger partial charge in [0.25, 0.3) is 0 Å². The van der Waals surface area contributed by atoms with Gasteiger partial charge in [0.1, 0.15) is 5.82 Å². The largest absolute Gasteiger partial charge is 0.392 e. The van der Waals surface area contributed by atoms with Gasteiger partial charge < -0.3 is 15.3 Å². The number of amides is 1. The van der Waals surface area contributed by atoms with Crippen molar-refractivity contribution < 1.29 is 14.3 Å². The quantitative estimate of drug-likeness (QED) is 0.804. The first-order valence-electron chi connectivity index (χ1n) is 6.02. The van der Waals surface area contributed by atoms with Crippen LogP contribution in [0.2, 0.25) is 0 Å². The molecule has 2 N–H and O–H groups in total. The summed E-state index contributed by atoms with van der Waals surface area (Å²) in [6.07, 6.45) is 0. The maximum absolute atomic E-state index is 13.4. The van der Waals surface area contributed by atoms with Gasteiger partial charge in [-0.3, -0.25) is 4.79 Å². The number of rotatable bonds is 6. The smallest absolute Gasteiger partial charge is 0.239 e. The molecule has 0 unspecified atom stereocenters. The Morgan fingerprint density at radius 1 is 1.39 bits per heavy atom. The summed E-state index contributed by atoms with van der Waals surface area (Å²) in [7, 11) is 0. The van der Waals surface area contributed by atoms with Crippen LogP contribution in [0.3, 0.4) is 0 Å². The van der Waals surface area contributed by atoms with Gasteiger partial charge in [-0.25, -0.2) is 4.39 Å². The molecule has 0 radical (unpaired) electrons. The fraction of sp³-hybridized carbons (Fsp3) is 0.462. The van der Waals surface area contributed by atoms with E-state index >= 15 is 0 Å². The SMILES string of the molecule is CCNC(=O)CN(CC)c1cc(F)cc(CO)c1. The summed E-state index contributed by atoms with van der Waals surface area (Å²) in [5.74, 6) is -0.514. The van der Waals surface area contributed by atoms with Crippen LogP contribution in [0.15, 0.2) is 18.2 Å². The number of halogens is 1. The summed E-state index contributed by atoms with van der Waals surface area (Å²) in [6.45, 7) is 4.86. The number of anilines is 1. The van der Waals surface area contributed by atoms with Gasteiger partial charge in [0.2, 0.25) is 5.91 Å². The van der Waals surface area contributed by atoms with E-state index in [0.29, 0.717) is 24.3 Å². The van der Waals surface area contributed by atoms with E-state index in [2.05, 4.69) is 5.32 Å². The Morgan fingerprint density at radius 2 is 2.11 bits per heavy atom. The molecule has 0 spiro atoms. The maximum Gasteiger partial charge on any atom is 0.239 e. The number of aliphatic hydroxyl groups excluding tert-OH is 1. The van der Waals surface area contributed by atoms with E-state index in [-0.39, 0.29) is 19.1 Å². The highest BCUT2D eigenvalue weighted by Gasteiger charge is 2.11. The molecule has 5 heteroatoms. The second-order valence-corrected chi connectivity index (χ2v) is 3.94. The lowest BCUT2D eigenvalue weighted by molar-refractivity contribution is -0.119. The van der Waals surface area contributed by atoms with Crippen LogP contribution in [0, 0.1) is 5.82 Å². The molecule has 0 saturated heterocycles. The number of carbonyl (C=O) groups excluding carboxylic acids is 1. The van der Waals surface area contributed by atoms with Gasteiger partial charge in [-0.05, 0) is 37.6 Å². The van der Waals surface area contributed by atoms with Crippen LogP contribution in [0.5, 0.6) is 0 Å². The van der Waals surface area contributed by atoms with Crippen molar-refractivity contribution in [2.24, 2.45) is 0 Å². The van der Waals surface area contributed by atoms with Gasteiger partial charge in [-0.15, -0.1) is 0 Å². The Morgan fingerprint density at radius 3 is 2.67 bits per heavy atom. The van der Waals surface area contributed by atoms with Crippen LogP contribution < -0.4 is 10.2 Å². The Labute approximate surface area is 106 Å². The fourth-order valence-electron chi connectivity index (χ4n) is 1.72. The van der Waals surface area contributed by atoms with Crippen LogP contribution >= 0.6 is 0 Å². The van der Waals surface area contributed by atoms with E-state index < -0.39 is 5.82 Å². The first-order valence-corrected chi connectivity index (χ1v) is 6.02. The van der Waals surface area contributed by atoms with Crippen LogP contribution in [-0.2, 0) is 11.4 Å². The van der Waals surface area contributed by atoms with Crippen molar-refractivity contribution >= 4 is 11.6 Å². The lowest BCUT2D eigenvalue weighted by Gasteiger charge is -2.23. The molecule has 18 heavy (non-hydrogen) atoms. The molecule has 0 fully saturated rings. The Hall–Kier alpha value is -1.62. The van der Waals surface area contributed by atoms with Crippen molar-refractivity contribution in [3.8, 4) is 0 Å². The number of aliphatic hydroxyl groups is 1. The maximum atomic E-state index is 13.4. The standard InChI is InChI=1S/C13H19FN2O2/c1-3-15-13(18)8-16(4-2)12-6-10(9-17)5-11(14)7-12/h5-7,17H,3-4,8-9H2,1-2H3,(H,15,18). The zero-order valence-electron chi connectivity index (χ0n) is 10.7. The van der Waals surface area contributed by atoms with E-state index in [4.69, 9.17) is 5.11 Å². The van der Waals surface area contributed by atoms with E-state index in [1.54, 1.807) is 11.0 Å². The Kier molecular flexibility index (Phi) is 5.58. The van der Waals surface area contributed by atoms with Gasteiger partial charge in [0.05, 0.1) is 13.2 Å². The number of nitrogens with zero attached hydrogens (tertiary/aromatic N) is 1. The normalized spacial score (nSPS) is 10.2. The van der Waals surface area contributed by atoms with Gasteiger partial charge in [0, 0.05) is 18.8 Å². The second kappa shape index (κ2) is 6.96. The minimum absolute atomic E-state index is 0.103. The van der Waals surface area contributed by atoms with Gasteiger partial charge in [-0.2, -0.15) is 0 Å². The lowest BCUT2D eigenvalue weighted by atomic mass is 10.2. The zero-order valence-corrected chi connectivity index (χ0v) is 10.7. The molecule has 0 bridgehead atoms. The van der Waals surface area contributed by atoms with Crippen molar-refractivity contribution in [1.82, 2.24) is 5.32 Å². The summed E-state index contributed by atoms with van der Waals surface area (Å²) in [5.41, 5.74) is 1.10. The molecule has 0 saturated carbocycles. The summed E-state index contributed by atoms with van der Waals surface area (Å²) in [4.78, 5) is 13.3. The number of benzene rings is 1. The molecule has 1 rings (SSSR count). The van der Waals surface area contributed by atoms with Crippen LogP contribution in [0.4, 0.5) is 10.1 Å². The monoisotopic (exact) mass is 254 g/mol. The van der Waals surface area contributed by atoms with Crippen molar-refractivity contribution in [2.45, 2.75) is 20.5 Å². The third kappa shape index (κ3) is 4.00. The molecule has 100 valence electrons. The molecule has 1 aromatic carbocycles. The summed E-state index contributed by atoms with van der Waals surface area (Å²) >= 11 is 0.